The highest BCUT2D eigenvalue weighted by molar-refractivity contribution is 6.74. The van der Waals surface area contributed by atoms with Crippen LogP contribution in [0.3, 0.4) is 0 Å². The molecule has 0 radical (unpaired) electrons. The fourth-order valence-electron chi connectivity index (χ4n) is 2.70. The van der Waals surface area contributed by atoms with Crippen LogP contribution in [-0.2, 0) is 18.7 Å². The van der Waals surface area contributed by atoms with E-state index in [9.17, 15) is 14.9 Å². The van der Waals surface area contributed by atoms with Gasteiger partial charge in [-0.2, -0.15) is 10.2 Å². The summed E-state index contributed by atoms with van der Waals surface area (Å²) >= 11 is 0. The fraction of sp³-hybridized carbons (Fsp3) is 0.667. The molecular weight excluding hydrogens is 380 g/mol. The maximum atomic E-state index is 12.2. The molecule has 1 aromatic heterocycles. The number of hydrogen-bond donors (Lipinski definition) is 1. The summed E-state index contributed by atoms with van der Waals surface area (Å²) in [6.07, 6.45) is 0.253. The van der Waals surface area contributed by atoms with E-state index in [4.69, 9.17) is 19.6 Å². The van der Waals surface area contributed by atoms with Crippen LogP contribution in [0, 0.1) is 11.3 Å². The molecule has 9 nitrogen and oxygen atoms in total. The Bertz CT molecular complexity index is 842. The minimum atomic E-state index is -2.28. The van der Waals surface area contributed by atoms with Crippen molar-refractivity contribution >= 4 is 20.1 Å². The topological polar surface area (TPSA) is 129 Å². The van der Waals surface area contributed by atoms with Gasteiger partial charge in [-0.15, -0.1) is 0 Å². The molecule has 1 unspecified atom stereocenters. The van der Waals surface area contributed by atoms with Gasteiger partial charge in [-0.05, 0) is 24.2 Å². The van der Waals surface area contributed by atoms with Gasteiger partial charge in [0.25, 0.3) is 0 Å². The van der Waals surface area contributed by atoms with Crippen LogP contribution >= 0.6 is 0 Å². The zero-order chi connectivity index (χ0) is 21.3. The van der Waals surface area contributed by atoms with Crippen molar-refractivity contribution < 1.29 is 18.7 Å². The first-order valence-electron chi connectivity index (χ1n) is 9.06. The Kier molecular flexibility index (Phi) is 6.03. The van der Waals surface area contributed by atoms with Crippen molar-refractivity contribution in [3.8, 4) is 6.07 Å². The summed E-state index contributed by atoms with van der Waals surface area (Å²) in [4.78, 5) is 27.3. The molecule has 0 aliphatic carbocycles. The van der Waals surface area contributed by atoms with E-state index in [0.29, 0.717) is 0 Å². The van der Waals surface area contributed by atoms with Gasteiger partial charge in [0, 0.05) is 19.5 Å². The second-order valence-corrected chi connectivity index (χ2v) is 13.3. The van der Waals surface area contributed by atoms with E-state index in [1.807, 2.05) is 0 Å². The number of aromatic nitrogens is 2. The van der Waals surface area contributed by atoms with Crippen molar-refractivity contribution in [3.05, 3.63) is 22.7 Å². The summed E-state index contributed by atoms with van der Waals surface area (Å²) in [5, 5.41) is 9.82. The smallest absolute Gasteiger partial charge is 0.351 e. The number of carbonyl (C=O) groups is 1. The van der Waals surface area contributed by atoms with Gasteiger partial charge in [-0.3, -0.25) is 9.36 Å². The number of esters is 1. The van der Waals surface area contributed by atoms with Crippen LogP contribution in [0.4, 0.5) is 5.82 Å². The van der Waals surface area contributed by atoms with E-state index in [-0.39, 0.29) is 23.9 Å². The van der Waals surface area contributed by atoms with Crippen LogP contribution in [0.1, 0.15) is 40.3 Å². The normalized spacial score (nSPS) is 25.3. The third-order valence-corrected chi connectivity index (χ3v) is 9.85. The first-order valence-corrected chi connectivity index (χ1v) is 12.0. The number of hydrogen-bond acceptors (Lipinski definition) is 8. The standard InChI is InChI=1S/C18H28N4O5Si/c1-12(23)25-11-18(10-19)13(27-28(5,6)17(2,3)4)9-15(26-18)22-8-7-14(20)21-16(22)24/h7-8,13,15H,9,11H2,1-6H3,(H2,20,21,24)/t13?,15-,18-/m1/s1. The number of anilines is 1. The molecule has 2 heterocycles. The maximum Gasteiger partial charge on any atom is 0.351 e. The van der Waals surface area contributed by atoms with Crippen molar-refractivity contribution in [2.75, 3.05) is 12.3 Å². The van der Waals surface area contributed by atoms with Crippen LogP contribution in [0.2, 0.25) is 18.1 Å². The molecular formula is C18H28N4O5Si. The summed E-state index contributed by atoms with van der Waals surface area (Å²) < 4.78 is 18.8. The Morgan fingerprint density at radius 3 is 2.68 bits per heavy atom. The number of nitrogens with two attached hydrogens (primary N) is 1. The van der Waals surface area contributed by atoms with Crippen LogP contribution in [0.15, 0.2) is 17.1 Å². The van der Waals surface area contributed by atoms with E-state index >= 15 is 0 Å². The summed E-state index contributed by atoms with van der Waals surface area (Å²) in [6, 6.07) is 3.60. The highest BCUT2D eigenvalue weighted by Gasteiger charge is 2.55. The van der Waals surface area contributed by atoms with Crippen molar-refractivity contribution in [2.24, 2.45) is 0 Å². The highest BCUT2D eigenvalue weighted by atomic mass is 28.4. The number of nitrogen functional groups attached to an aromatic ring is 1. The monoisotopic (exact) mass is 408 g/mol. The molecule has 3 atom stereocenters. The molecule has 0 saturated carbocycles. The second-order valence-electron chi connectivity index (χ2n) is 8.50. The molecule has 0 amide bonds. The molecule has 0 aromatic carbocycles. The molecule has 1 saturated heterocycles. The van der Waals surface area contributed by atoms with Gasteiger partial charge in [0.1, 0.15) is 24.7 Å². The lowest BCUT2D eigenvalue weighted by atomic mass is 10.00. The molecule has 1 aromatic rings. The fourth-order valence-corrected chi connectivity index (χ4v) is 4.05. The van der Waals surface area contributed by atoms with Crippen LogP contribution in [0.5, 0.6) is 0 Å². The molecule has 1 aliphatic rings. The van der Waals surface area contributed by atoms with Gasteiger partial charge >= 0.3 is 11.7 Å². The molecule has 2 rings (SSSR count). The number of nitrogens with zero attached hydrogens (tertiary/aromatic N) is 3. The Hall–Kier alpha value is -2.22. The lowest BCUT2D eigenvalue weighted by Gasteiger charge is -2.40. The van der Waals surface area contributed by atoms with Gasteiger partial charge in [0.05, 0.1) is 6.10 Å². The predicted octanol–water partition coefficient (Wildman–Crippen LogP) is 1.96. The van der Waals surface area contributed by atoms with Crippen molar-refractivity contribution in [3.63, 3.8) is 0 Å². The average Bonchev–Trinajstić information content (AvgIpc) is 2.90. The lowest BCUT2D eigenvalue weighted by molar-refractivity contribution is -0.153. The third kappa shape index (κ3) is 4.43. The van der Waals surface area contributed by atoms with E-state index in [2.05, 4.69) is 44.9 Å². The molecule has 10 heteroatoms. The molecule has 0 bridgehead atoms. The van der Waals surface area contributed by atoms with Crippen molar-refractivity contribution in [1.29, 1.82) is 5.26 Å². The quantitative estimate of drug-likeness (QED) is 0.578. The third-order valence-electron chi connectivity index (χ3n) is 5.37. The first-order chi connectivity index (χ1) is 12.8. The molecule has 1 fully saturated rings. The lowest BCUT2D eigenvalue weighted by Crippen LogP contribution is -2.52. The maximum absolute atomic E-state index is 12.2. The minimum absolute atomic E-state index is 0.0970. The molecule has 2 N–H and O–H groups in total. The van der Waals surface area contributed by atoms with Gasteiger partial charge in [-0.1, -0.05) is 20.8 Å². The van der Waals surface area contributed by atoms with Crippen molar-refractivity contribution in [1.82, 2.24) is 9.55 Å². The SMILES string of the molecule is CC(=O)OC[C@@]1(C#N)O[C@@H](n2ccc(N)nc2=O)CC1O[Si](C)(C)C(C)(C)C. The molecule has 28 heavy (non-hydrogen) atoms. The number of rotatable bonds is 5. The van der Waals surface area contributed by atoms with Gasteiger partial charge < -0.3 is 19.6 Å². The zero-order valence-corrected chi connectivity index (χ0v) is 18.2. The number of nitriles is 1. The number of ether oxygens (including phenoxy) is 2. The van der Waals surface area contributed by atoms with E-state index in [1.165, 1.54) is 23.8 Å². The Balaban J connectivity index is 2.42. The number of carbonyl (C=O) groups excluding carboxylic acids is 1. The van der Waals surface area contributed by atoms with Gasteiger partial charge in [0.15, 0.2) is 8.32 Å². The van der Waals surface area contributed by atoms with E-state index < -0.39 is 37.9 Å². The van der Waals surface area contributed by atoms with Crippen LogP contribution < -0.4 is 11.4 Å². The van der Waals surface area contributed by atoms with Crippen LogP contribution in [-0.4, -0.2) is 42.1 Å². The Morgan fingerprint density at radius 1 is 1.54 bits per heavy atom. The summed E-state index contributed by atoms with van der Waals surface area (Å²) in [7, 11) is -2.28. The summed E-state index contributed by atoms with van der Waals surface area (Å²) in [5.41, 5.74) is 3.44. The van der Waals surface area contributed by atoms with E-state index in [0.717, 1.165) is 0 Å². The Labute approximate surface area is 165 Å². The highest BCUT2D eigenvalue weighted by Crippen LogP contribution is 2.44. The Morgan fingerprint density at radius 2 is 2.18 bits per heavy atom. The predicted molar refractivity (Wildman–Crippen MR) is 105 cm³/mol. The van der Waals surface area contributed by atoms with Gasteiger partial charge in [-0.25, -0.2) is 4.79 Å². The zero-order valence-electron chi connectivity index (χ0n) is 17.2. The second kappa shape index (κ2) is 7.65. The molecule has 154 valence electrons. The molecule has 0 spiro atoms. The van der Waals surface area contributed by atoms with E-state index in [1.54, 1.807) is 0 Å². The summed E-state index contributed by atoms with van der Waals surface area (Å²) in [6.45, 7) is 11.3. The largest absolute Gasteiger partial charge is 0.462 e. The van der Waals surface area contributed by atoms with Gasteiger partial charge in [0.2, 0.25) is 5.60 Å². The summed E-state index contributed by atoms with van der Waals surface area (Å²) in [5.74, 6) is -0.432. The average molecular weight is 409 g/mol. The van der Waals surface area contributed by atoms with Crippen LogP contribution in [0.25, 0.3) is 0 Å². The minimum Gasteiger partial charge on any atom is -0.462 e. The molecule has 1 aliphatic heterocycles. The van der Waals surface area contributed by atoms with Crippen molar-refractivity contribution in [2.45, 2.75) is 70.2 Å². The first kappa shape index (κ1) is 22.1.